The summed E-state index contributed by atoms with van der Waals surface area (Å²) in [7, 11) is 0. The number of rotatable bonds is 2. The molecule has 3 N–H and O–H groups in total. The summed E-state index contributed by atoms with van der Waals surface area (Å²) < 4.78 is 20.5. The minimum Gasteiger partial charge on any atom is -0.394 e. The first kappa shape index (κ1) is 13.0. The molecular weight excluding hydrogens is 241 g/mol. The number of aromatic nitrogens is 2. The van der Waals surface area contributed by atoms with Crippen molar-refractivity contribution < 1.29 is 14.2 Å². The second kappa shape index (κ2) is 4.66. The van der Waals surface area contributed by atoms with E-state index in [1.54, 1.807) is 13.8 Å². The number of aliphatic hydroxyl groups excluding tert-OH is 1. The van der Waals surface area contributed by atoms with Gasteiger partial charge in [0.05, 0.1) is 12.7 Å². The lowest BCUT2D eigenvalue weighted by Gasteiger charge is -2.17. The number of ether oxygens (including phenoxy) is 1. The number of nitrogens with two attached hydrogens (primary N) is 1. The molecule has 6 nitrogen and oxygen atoms in total. The molecule has 0 spiro atoms. The van der Waals surface area contributed by atoms with Gasteiger partial charge in [0, 0.05) is 17.7 Å². The van der Waals surface area contributed by atoms with E-state index in [-0.39, 0.29) is 12.4 Å². The van der Waals surface area contributed by atoms with E-state index in [0.29, 0.717) is 5.56 Å². The molecule has 1 aromatic heterocycles. The quantitative estimate of drug-likeness (QED) is 0.778. The highest BCUT2D eigenvalue weighted by atomic mass is 19.1. The van der Waals surface area contributed by atoms with Gasteiger partial charge in [-0.15, -0.1) is 0 Å². The molecule has 100 valence electrons. The second-order valence-corrected chi connectivity index (χ2v) is 4.55. The van der Waals surface area contributed by atoms with Gasteiger partial charge in [0.15, 0.2) is 12.4 Å². The van der Waals surface area contributed by atoms with Crippen LogP contribution in [-0.2, 0) is 4.74 Å². The predicted molar refractivity (Wildman–Crippen MR) is 62.7 cm³/mol. The molecule has 4 atom stereocenters. The summed E-state index contributed by atoms with van der Waals surface area (Å²) in [6.07, 6.45) is -1.62. The lowest BCUT2D eigenvalue weighted by atomic mass is 10.0. The summed E-state index contributed by atoms with van der Waals surface area (Å²) in [5.74, 6) is -0.360. The van der Waals surface area contributed by atoms with Gasteiger partial charge in [-0.3, -0.25) is 4.57 Å². The molecule has 1 aromatic rings. The topological polar surface area (TPSA) is 90.4 Å². The van der Waals surface area contributed by atoms with E-state index in [9.17, 15) is 9.18 Å². The smallest absolute Gasteiger partial charge is 0.351 e. The summed E-state index contributed by atoms with van der Waals surface area (Å²) in [4.78, 5) is 15.3. The largest absolute Gasteiger partial charge is 0.394 e. The Hall–Kier alpha value is -1.47. The summed E-state index contributed by atoms with van der Waals surface area (Å²) in [6, 6.07) is 0. The predicted octanol–water partition coefficient (Wildman–Crippen LogP) is -0.00218. The normalized spacial score (nSPS) is 31.8. The number of aryl methyl sites for hydroxylation is 1. The van der Waals surface area contributed by atoms with Gasteiger partial charge in [0.1, 0.15) is 5.82 Å². The third-order valence-corrected chi connectivity index (χ3v) is 3.30. The number of alkyl halides is 1. The summed E-state index contributed by atoms with van der Waals surface area (Å²) in [6.45, 7) is 3.02. The lowest BCUT2D eigenvalue weighted by Crippen LogP contribution is -2.32. The van der Waals surface area contributed by atoms with Crippen molar-refractivity contribution in [3.8, 4) is 0 Å². The highest BCUT2D eigenvalue weighted by molar-refractivity contribution is 5.35. The lowest BCUT2D eigenvalue weighted by molar-refractivity contribution is -0.0419. The number of anilines is 1. The Kier molecular flexibility index (Phi) is 3.36. The zero-order valence-corrected chi connectivity index (χ0v) is 10.2. The Morgan fingerprint density at radius 3 is 2.89 bits per heavy atom. The third-order valence-electron chi connectivity index (χ3n) is 3.30. The highest BCUT2D eigenvalue weighted by Gasteiger charge is 2.43. The van der Waals surface area contributed by atoms with E-state index in [1.807, 2.05) is 0 Å². The van der Waals surface area contributed by atoms with Crippen LogP contribution in [0, 0.1) is 12.8 Å². The fraction of sp³-hybridized carbons (Fsp3) is 0.636. The molecule has 1 aliphatic heterocycles. The van der Waals surface area contributed by atoms with Gasteiger partial charge in [0.2, 0.25) is 0 Å². The maximum atomic E-state index is 14.1. The molecule has 0 aliphatic carbocycles. The van der Waals surface area contributed by atoms with Crippen molar-refractivity contribution >= 4 is 5.82 Å². The molecular formula is C11H16FN3O3. The van der Waals surface area contributed by atoms with Gasteiger partial charge in [-0.25, -0.2) is 9.18 Å². The maximum Gasteiger partial charge on any atom is 0.351 e. The van der Waals surface area contributed by atoms with Gasteiger partial charge < -0.3 is 15.6 Å². The average molecular weight is 257 g/mol. The van der Waals surface area contributed by atoms with Crippen molar-refractivity contribution in [2.45, 2.75) is 32.4 Å². The molecule has 0 saturated carbocycles. The molecule has 0 radical (unpaired) electrons. The van der Waals surface area contributed by atoms with Crippen LogP contribution in [0.1, 0.15) is 18.7 Å². The fourth-order valence-corrected chi connectivity index (χ4v) is 2.03. The number of hydrogen-bond donors (Lipinski definition) is 2. The summed E-state index contributed by atoms with van der Waals surface area (Å²) in [5.41, 5.74) is 5.42. The third kappa shape index (κ3) is 1.99. The van der Waals surface area contributed by atoms with Crippen LogP contribution < -0.4 is 11.4 Å². The van der Waals surface area contributed by atoms with E-state index < -0.39 is 30.1 Å². The molecule has 0 amide bonds. The summed E-state index contributed by atoms with van der Waals surface area (Å²) in [5, 5.41) is 9.07. The van der Waals surface area contributed by atoms with E-state index in [1.165, 1.54) is 6.20 Å². The van der Waals surface area contributed by atoms with Crippen LogP contribution in [0.3, 0.4) is 0 Å². The van der Waals surface area contributed by atoms with Gasteiger partial charge in [-0.1, -0.05) is 6.92 Å². The molecule has 1 aliphatic rings. The van der Waals surface area contributed by atoms with E-state index in [2.05, 4.69) is 4.98 Å². The Bertz CT molecular complexity index is 505. The first-order chi connectivity index (χ1) is 8.45. The van der Waals surface area contributed by atoms with Crippen molar-refractivity contribution in [3.05, 3.63) is 22.2 Å². The van der Waals surface area contributed by atoms with Gasteiger partial charge >= 0.3 is 5.69 Å². The van der Waals surface area contributed by atoms with E-state index in [0.717, 1.165) is 4.57 Å². The van der Waals surface area contributed by atoms with Crippen molar-refractivity contribution in [3.63, 3.8) is 0 Å². The molecule has 4 unspecified atom stereocenters. The van der Waals surface area contributed by atoms with Crippen LogP contribution in [0.2, 0.25) is 0 Å². The van der Waals surface area contributed by atoms with Crippen molar-refractivity contribution in [1.29, 1.82) is 0 Å². The van der Waals surface area contributed by atoms with Gasteiger partial charge in [-0.05, 0) is 6.92 Å². The minimum absolute atomic E-state index is 0.122. The zero-order chi connectivity index (χ0) is 13.4. The number of hydrogen-bond acceptors (Lipinski definition) is 5. The SMILES string of the molecule is Cc1cn(C2OC(CO)C(C)C2F)c(=O)nc1N. The fourth-order valence-electron chi connectivity index (χ4n) is 2.03. The van der Waals surface area contributed by atoms with Crippen LogP contribution >= 0.6 is 0 Å². The molecule has 1 fully saturated rings. The Morgan fingerprint density at radius 1 is 1.67 bits per heavy atom. The molecule has 0 bridgehead atoms. The van der Waals surface area contributed by atoms with Crippen LogP contribution in [0.25, 0.3) is 0 Å². The van der Waals surface area contributed by atoms with Crippen molar-refractivity contribution in [2.75, 3.05) is 12.3 Å². The monoisotopic (exact) mass is 257 g/mol. The average Bonchev–Trinajstić information content (AvgIpc) is 2.61. The number of aliphatic hydroxyl groups is 1. The van der Waals surface area contributed by atoms with Crippen molar-refractivity contribution in [1.82, 2.24) is 9.55 Å². The number of halogens is 1. The molecule has 0 aromatic carbocycles. The molecule has 2 heterocycles. The first-order valence-electron chi connectivity index (χ1n) is 5.71. The highest BCUT2D eigenvalue weighted by Crippen LogP contribution is 2.35. The molecule has 2 rings (SSSR count). The van der Waals surface area contributed by atoms with Crippen LogP contribution in [0.5, 0.6) is 0 Å². The Morgan fingerprint density at radius 2 is 2.33 bits per heavy atom. The van der Waals surface area contributed by atoms with Crippen LogP contribution in [-0.4, -0.2) is 33.5 Å². The van der Waals surface area contributed by atoms with E-state index in [4.69, 9.17) is 15.6 Å². The molecule has 18 heavy (non-hydrogen) atoms. The Labute approximate surface area is 103 Å². The standard InChI is InChI=1S/C11H16FN3O3/c1-5-3-15(11(17)14-9(5)13)10-8(12)6(2)7(4-16)18-10/h3,6-8,10,16H,4H2,1-2H3,(H2,13,14,17). The Balaban J connectivity index is 2.39. The van der Waals surface area contributed by atoms with Crippen LogP contribution in [0.4, 0.5) is 10.2 Å². The molecule has 1 saturated heterocycles. The van der Waals surface area contributed by atoms with Crippen molar-refractivity contribution in [2.24, 2.45) is 5.92 Å². The second-order valence-electron chi connectivity index (χ2n) is 4.55. The maximum absolute atomic E-state index is 14.1. The minimum atomic E-state index is -1.37. The van der Waals surface area contributed by atoms with Gasteiger partial charge in [0.25, 0.3) is 0 Å². The first-order valence-corrected chi connectivity index (χ1v) is 5.71. The van der Waals surface area contributed by atoms with E-state index >= 15 is 0 Å². The summed E-state index contributed by atoms with van der Waals surface area (Å²) >= 11 is 0. The number of nitrogen functional groups attached to an aromatic ring is 1. The van der Waals surface area contributed by atoms with Gasteiger partial charge in [-0.2, -0.15) is 4.98 Å². The number of nitrogens with zero attached hydrogens (tertiary/aromatic N) is 2. The molecule has 7 heteroatoms. The van der Waals surface area contributed by atoms with Crippen LogP contribution in [0.15, 0.2) is 11.0 Å². The zero-order valence-electron chi connectivity index (χ0n) is 10.2.